The number of aryl methyl sites for hydroxylation is 1. The predicted molar refractivity (Wildman–Crippen MR) is 92.5 cm³/mol. The molecule has 1 aromatic heterocycles. The van der Waals surface area contributed by atoms with Crippen molar-refractivity contribution in [3.63, 3.8) is 0 Å². The lowest BCUT2D eigenvalue weighted by Gasteiger charge is -2.39. The van der Waals surface area contributed by atoms with Crippen molar-refractivity contribution in [3.8, 4) is 0 Å². The van der Waals surface area contributed by atoms with Crippen LogP contribution in [0.25, 0.3) is 0 Å². The zero-order valence-corrected chi connectivity index (χ0v) is 14.6. The molecule has 1 aromatic rings. The second kappa shape index (κ2) is 6.08. The number of hydrogen-bond acceptors (Lipinski definition) is 5. The molecule has 5 heteroatoms. The fourth-order valence-corrected chi connectivity index (χ4v) is 7.58. The van der Waals surface area contributed by atoms with Gasteiger partial charge in [0.05, 0.1) is 11.7 Å². The Bertz CT molecular complexity index is 484. The van der Waals surface area contributed by atoms with Gasteiger partial charge in [0.25, 0.3) is 0 Å². The van der Waals surface area contributed by atoms with Crippen molar-refractivity contribution in [2.45, 2.75) is 43.1 Å². The van der Waals surface area contributed by atoms with E-state index in [1.807, 2.05) is 34.9 Å². The molecule has 4 rings (SSSR count). The number of fused-ring (bicyclic) bond motifs is 1. The van der Waals surface area contributed by atoms with E-state index in [-0.39, 0.29) is 11.7 Å². The van der Waals surface area contributed by atoms with Gasteiger partial charge in [-0.25, -0.2) is 0 Å². The van der Waals surface area contributed by atoms with Crippen molar-refractivity contribution < 1.29 is 9.84 Å². The maximum absolute atomic E-state index is 10.9. The average molecular weight is 343 g/mol. The van der Waals surface area contributed by atoms with Crippen molar-refractivity contribution >= 4 is 34.9 Å². The molecule has 1 spiro atoms. The third-order valence-corrected chi connectivity index (χ3v) is 8.52. The standard InChI is InChI=1S/C16H22O2S3/c17-15(14-7-12-9-19-5-2-13(12)21-14)11-1-4-18-16(8-11)3-6-20-10-16/h7,11,15,17H,1-6,8-10H2. The summed E-state index contributed by atoms with van der Waals surface area (Å²) in [5, 5.41) is 10.9. The number of thiophene rings is 1. The molecule has 0 amide bonds. The van der Waals surface area contributed by atoms with Crippen LogP contribution in [0.3, 0.4) is 0 Å². The van der Waals surface area contributed by atoms with Gasteiger partial charge in [0.1, 0.15) is 0 Å². The molecule has 3 aliphatic heterocycles. The first-order valence-electron chi connectivity index (χ1n) is 7.85. The fourth-order valence-electron chi connectivity index (χ4n) is 3.75. The Morgan fingerprint density at radius 2 is 2.29 bits per heavy atom. The Morgan fingerprint density at radius 3 is 3.10 bits per heavy atom. The summed E-state index contributed by atoms with van der Waals surface area (Å²) >= 11 is 5.88. The predicted octanol–water partition coefficient (Wildman–Crippen LogP) is 3.87. The van der Waals surface area contributed by atoms with Gasteiger partial charge < -0.3 is 9.84 Å². The van der Waals surface area contributed by atoms with E-state index in [1.165, 1.54) is 39.7 Å². The normalized spacial score (nSPS) is 34.0. The quantitative estimate of drug-likeness (QED) is 0.883. The fraction of sp³-hybridized carbons (Fsp3) is 0.750. The lowest BCUT2D eigenvalue weighted by atomic mass is 9.82. The van der Waals surface area contributed by atoms with Crippen LogP contribution < -0.4 is 0 Å². The van der Waals surface area contributed by atoms with E-state index >= 15 is 0 Å². The molecule has 21 heavy (non-hydrogen) atoms. The Morgan fingerprint density at radius 1 is 1.33 bits per heavy atom. The summed E-state index contributed by atoms with van der Waals surface area (Å²) in [5.74, 6) is 5.08. The summed E-state index contributed by atoms with van der Waals surface area (Å²) in [7, 11) is 0. The van der Waals surface area contributed by atoms with Gasteiger partial charge in [-0.05, 0) is 54.7 Å². The molecule has 1 N–H and O–H groups in total. The minimum atomic E-state index is -0.281. The van der Waals surface area contributed by atoms with Crippen molar-refractivity contribution in [1.82, 2.24) is 0 Å². The SMILES string of the molecule is OC(c1cc2c(s1)CCSC2)C1CCOC2(CCSC2)C1. The smallest absolute Gasteiger partial charge is 0.0912 e. The first-order chi connectivity index (χ1) is 10.3. The highest BCUT2D eigenvalue weighted by Gasteiger charge is 2.42. The molecule has 3 atom stereocenters. The zero-order chi connectivity index (χ0) is 14.3. The van der Waals surface area contributed by atoms with Gasteiger partial charge >= 0.3 is 0 Å². The van der Waals surface area contributed by atoms with Gasteiger partial charge in [-0.1, -0.05) is 0 Å². The molecule has 2 nitrogen and oxygen atoms in total. The minimum absolute atomic E-state index is 0.0707. The van der Waals surface area contributed by atoms with Gasteiger partial charge in [0.15, 0.2) is 0 Å². The van der Waals surface area contributed by atoms with Gasteiger partial charge in [-0.2, -0.15) is 23.5 Å². The molecule has 3 aliphatic rings. The molecule has 0 aromatic carbocycles. The third kappa shape index (κ3) is 2.92. The molecular weight excluding hydrogens is 320 g/mol. The van der Waals surface area contributed by atoms with Crippen LogP contribution in [-0.4, -0.2) is 34.6 Å². The van der Waals surface area contributed by atoms with E-state index in [0.717, 1.165) is 31.0 Å². The Hall–Kier alpha value is 0.320. The van der Waals surface area contributed by atoms with Crippen LogP contribution >= 0.6 is 34.9 Å². The van der Waals surface area contributed by atoms with Crippen LogP contribution in [0.15, 0.2) is 6.07 Å². The second-order valence-corrected chi connectivity index (χ2v) is 9.81. The molecule has 2 saturated heterocycles. The first-order valence-corrected chi connectivity index (χ1v) is 11.0. The van der Waals surface area contributed by atoms with Crippen LogP contribution in [0.2, 0.25) is 0 Å². The highest BCUT2D eigenvalue weighted by molar-refractivity contribution is 7.99. The molecule has 0 saturated carbocycles. The summed E-state index contributed by atoms with van der Waals surface area (Å²) in [6.45, 7) is 0.823. The lowest BCUT2D eigenvalue weighted by molar-refractivity contribution is -0.101. The Kier molecular flexibility index (Phi) is 4.31. The second-order valence-electron chi connectivity index (χ2n) is 6.43. The lowest BCUT2D eigenvalue weighted by Crippen LogP contribution is -2.41. The zero-order valence-electron chi connectivity index (χ0n) is 12.2. The molecule has 0 radical (unpaired) electrons. The molecule has 2 fully saturated rings. The van der Waals surface area contributed by atoms with Gasteiger partial charge in [0.2, 0.25) is 0 Å². The summed E-state index contributed by atoms with van der Waals surface area (Å²) < 4.78 is 6.09. The van der Waals surface area contributed by atoms with E-state index in [9.17, 15) is 5.11 Å². The largest absolute Gasteiger partial charge is 0.387 e. The maximum Gasteiger partial charge on any atom is 0.0912 e. The van der Waals surface area contributed by atoms with E-state index < -0.39 is 0 Å². The number of aliphatic hydroxyl groups excluding tert-OH is 1. The molecule has 116 valence electrons. The monoisotopic (exact) mass is 342 g/mol. The maximum atomic E-state index is 10.9. The Balaban J connectivity index is 1.51. The van der Waals surface area contributed by atoms with E-state index in [0.29, 0.717) is 5.92 Å². The number of hydrogen-bond donors (Lipinski definition) is 1. The van der Waals surface area contributed by atoms with Crippen molar-refractivity contribution in [1.29, 1.82) is 0 Å². The van der Waals surface area contributed by atoms with E-state index in [4.69, 9.17) is 4.74 Å². The van der Waals surface area contributed by atoms with Crippen molar-refractivity contribution in [2.24, 2.45) is 5.92 Å². The van der Waals surface area contributed by atoms with Crippen LogP contribution in [0.5, 0.6) is 0 Å². The summed E-state index contributed by atoms with van der Waals surface area (Å²) in [6, 6.07) is 2.28. The molecule has 3 unspecified atom stereocenters. The molecular formula is C16H22O2S3. The molecule has 4 heterocycles. The number of rotatable bonds is 2. The summed E-state index contributed by atoms with van der Waals surface area (Å²) in [6.07, 6.45) is 4.12. The molecule has 0 bridgehead atoms. The number of thioether (sulfide) groups is 2. The minimum Gasteiger partial charge on any atom is -0.387 e. The van der Waals surface area contributed by atoms with Crippen molar-refractivity contribution in [3.05, 3.63) is 21.4 Å². The summed E-state index contributed by atoms with van der Waals surface area (Å²) in [4.78, 5) is 2.72. The van der Waals surface area contributed by atoms with Gasteiger partial charge in [-0.15, -0.1) is 11.3 Å². The topological polar surface area (TPSA) is 29.5 Å². The van der Waals surface area contributed by atoms with Crippen LogP contribution in [-0.2, 0) is 16.9 Å². The van der Waals surface area contributed by atoms with Crippen LogP contribution in [0.4, 0.5) is 0 Å². The number of ether oxygens (including phenoxy) is 1. The highest BCUT2D eigenvalue weighted by Crippen LogP contribution is 2.45. The number of aliphatic hydroxyl groups is 1. The van der Waals surface area contributed by atoms with Crippen LogP contribution in [0, 0.1) is 5.92 Å². The highest BCUT2D eigenvalue weighted by atomic mass is 32.2. The average Bonchev–Trinajstić information content (AvgIpc) is 3.13. The third-order valence-electron chi connectivity index (χ3n) is 4.98. The van der Waals surface area contributed by atoms with Crippen molar-refractivity contribution in [2.75, 3.05) is 23.9 Å². The van der Waals surface area contributed by atoms with Gasteiger partial charge in [-0.3, -0.25) is 0 Å². The van der Waals surface area contributed by atoms with E-state index in [1.54, 1.807) is 0 Å². The summed E-state index contributed by atoms with van der Waals surface area (Å²) in [5.41, 5.74) is 1.55. The van der Waals surface area contributed by atoms with Gasteiger partial charge in [0, 0.05) is 27.9 Å². The Labute approximate surface area is 139 Å². The van der Waals surface area contributed by atoms with Crippen LogP contribution in [0.1, 0.15) is 40.7 Å². The van der Waals surface area contributed by atoms with E-state index in [2.05, 4.69) is 6.07 Å². The first kappa shape index (κ1) is 14.9. The molecule has 0 aliphatic carbocycles.